The minimum Gasteiger partial charge on any atom is -0.320 e. The molecule has 0 fully saturated rings. The van der Waals surface area contributed by atoms with Gasteiger partial charge in [0.05, 0.1) is 11.1 Å². The molecule has 0 radical (unpaired) electrons. The minimum absolute atomic E-state index is 0.0783. The minimum atomic E-state index is -0.0783. The fraction of sp³-hybridized carbons (Fsp3) is 0.286. The van der Waals surface area contributed by atoms with E-state index in [1.165, 1.54) is 11.1 Å². The molecule has 2 aliphatic heterocycles. The molecule has 0 aliphatic carbocycles. The molecular formula is C21H22N6O. The number of hydrogen-bond acceptors (Lipinski definition) is 4. The van der Waals surface area contributed by atoms with Gasteiger partial charge in [0.1, 0.15) is 0 Å². The normalized spacial score (nSPS) is 16.6. The molecule has 7 nitrogen and oxygen atoms in total. The fourth-order valence-corrected chi connectivity index (χ4v) is 4.01. The SMILES string of the molecule is O=C(Nc1ccccc1)N1CCc2c(cnc3[nH]nc(C4=CCNCC4)c23)C1. The van der Waals surface area contributed by atoms with E-state index < -0.39 is 0 Å². The van der Waals surface area contributed by atoms with Gasteiger partial charge in [0.25, 0.3) is 0 Å². The summed E-state index contributed by atoms with van der Waals surface area (Å²) in [6.07, 6.45) is 5.85. The van der Waals surface area contributed by atoms with Gasteiger partial charge in [-0.2, -0.15) is 5.10 Å². The molecule has 0 saturated carbocycles. The molecule has 0 spiro atoms. The van der Waals surface area contributed by atoms with Gasteiger partial charge >= 0.3 is 6.03 Å². The monoisotopic (exact) mass is 374 g/mol. The Morgan fingerprint density at radius 1 is 1.18 bits per heavy atom. The van der Waals surface area contributed by atoms with Crippen molar-refractivity contribution in [3.8, 4) is 0 Å². The number of para-hydroxylation sites is 1. The summed E-state index contributed by atoms with van der Waals surface area (Å²) in [5, 5.41) is 15.1. The van der Waals surface area contributed by atoms with Crippen molar-refractivity contribution in [3.63, 3.8) is 0 Å². The maximum absolute atomic E-state index is 12.7. The number of amides is 2. The molecule has 3 N–H and O–H groups in total. The molecule has 4 heterocycles. The second kappa shape index (κ2) is 7.09. The number of aromatic amines is 1. The molecule has 0 atom stereocenters. The number of hydrogen-bond donors (Lipinski definition) is 3. The van der Waals surface area contributed by atoms with E-state index in [1.807, 2.05) is 41.4 Å². The molecule has 142 valence electrons. The van der Waals surface area contributed by atoms with Crippen LogP contribution in [0.5, 0.6) is 0 Å². The van der Waals surface area contributed by atoms with Crippen LogP contribution >= 0.6 is 0 Å². The molecule has 2 aliphatic rings. The Balaban J connectivity index is 1.43. The highest BCUT2D eigenvalue weighted by Crippen LogP contribution is 2.32. The summed E-state index contributed by atoms with van der Waals surface area (Å²) in [6, 6.07) is 9.47. The predicted molar refractivity (Wildman–Crippen MR) is 109 cm³/mol. The number of nitrogens with zero attached hydrogens (tertiary/aromatic N) is 3. The van der Waals surface area contributed by atoms with E-state index in [9.17, 15) is 4.79 Å². The Morgan fingerprint density at radius 3 is 2.89 bits per heavy atom. The van der Waals surface area contributed by atoms with Crippen LogP contribution in [0.1, 0.15) is 23.2 Å². The van der Waals surface area contributed by atoms with E-state index in [1.54, 1.807) is 0 Å². The number of H-pyrrole nitrogens is 1. The second-order valence-corrected chi connectivity index (χ2v) is 7.21. The van der Waals surface area contributed by atoms with Crippen molar-refractivity contribution < 1.29 is 4.79 Å². The van der Waals surface area contributed by atoms with E-state index in [-0.39, 0.29) is 6.03 Å². The molecule has 0 unspecified atom stereocenters. The van der Waals surface area contributed by atoms with Crippen LogP contribution in [0.15, 0.2) is 42.6 Å². The first kappa shape index (κ1) is 16.9. The number of fused-ring (bicyclic) bond motifs is 3. The van der Waals surface area contributed by atoms with E-state index in [4.69, 9.17) is 0 Å². The highest BCUT2D eigenvalue weighted by atomic mass is 16.2. The van der Waals surface area contributed by atoms with E-state index >= 15 is 0 Å². The number of nitrogens with one attached hydrogen (secondary N) is 3. The number of aromatic nitrogens is 3. The zero-order valence-electron chi connectivity index (χ0n) is 15.5. The lowest BCUT2D eigenvalue weighted by Crippen LogP contribution is -2.39. The van der Waals surface area contributed by atoms with Crippen LogP contribution in [0, 0.1) is 0 Å². The smallest absolute Gasteiger partial charge is 0.320 e. The van der Waals surface area contributed by atoms with Gasteiger partial charge < -0.3 is 15.5 Å². The Hall–Kier alpha value is -3.19. The van der Waals surface area contributed by atoms with Gasteiger partial charge in [0.2, 0.25) is 0 Å². The van der Waals surface area contributed by atoms with Gasteiger partial charge in [-0.15, -0.1) is 0 Å². The average molecular weight is 374 g/mol. The number of carbonyl (C=O) groups excluding carboxylic acids is 1. The summed E-state index contributed by atoms with van der Waals surface area (Å²) in [5.41, 5.74) is 6.28. The van der Waals surface area contributed by atoms with Crippen molar-refractivity contribution in [2.24, 2.45) is 0 Å². The highest BCUT2D eigenvalue weighted by Gasteiger charge is 2.25. The molecule has 2 aromatic heterocycles. The zero-order chi connectivity index (χ0) is 18.9. The quantitative estimate of drug-likeness (QED) is 0.644. The molecule has 0 saturated heterocycles. The summed E-state index contributed by atoms with van der Waals surface area (Å²) in [5.74, 6) is 0. The third kappa shape index (κ3) is 3.03. The molecule has 0 bridgehead atoms. The lowest BCUT2D eigenvalue weighted by molar-refractivity contribution is 0.206. The van der Waals surface area contributed by atoms with Gasteiger partial charge in [-0.25, -0.2) is 9.78 Å². The summed E-state index contributed by atoms with van der Waals surface area (Å²) >= 11 is 0. The Bertz CT molecular complexity index is 1060. The maximum Gasteiger partial charge on any atom is 0.322 e. The molecule has 2 amide bonds. The molecular weight excluding hydrogens is 352 g/mol. The highest BCUT2D eigenvalue weighted by molar-refractivity contribution is 5.93. The second-order valence-electron chi connectivity index (χ2n) is 7.21. The largest absolute Gasteiger partial charge is 0.322 e. The zero-order valence-corrected chi connectivity index (χ0v) is 15.5. The first-order valence-electron chi connectivity index (χ1n) is 9.65. The number of pyridine rings is 1. The molecule has 1 aromatic carbocycles. The Labute approximate surface area is 162 Å². The van der Waals surface area contributed by atoms with E-state index in [0.717, 1.165) is 53.9 Å². The third-order valence-electron chi connectivity index (χ3n) is 5.46. The van der Waals surface area contributed by atoms with Gasteiger partial charge in [-0.3, -0.25) is 5.10 Å². The first-order chi connectivity index (χ1) is 13.8. The van der Waals surface area contributed by atoms with Crippen LogP contribution in [-0.4, -0.2) is 45.7 Å². The van der Waals surface area contributed by atoms with Gasteiger partial charge in [-0.1, -0.05) is 24.3 Å². The van der Waals surface area contributed by atoms with E-state index in [0.29, 0.717) is 13.1 Å². The lowest BCUT2D eigenvalue weighted by atomic mass is 9.94. The van der Waals surface area contributed by atoms with Crippen LogP contribution in [0.25, 0.3) is 16.6 Å². The standard InChI is InChI=1S/C21H22N6O/c28-21(24-16-4-2-1-3-5-16)27-11-8-17-15(13-27)12-23-20-18(17)19(25-26-20)14-6-9-22-10-7-14/h1-6,12,22H,7-11,13H2,(H,24,28)(H,23,25,26). The Kier molecular flexibility index (Phi) is 4.29. The summed E-state index contributed by atoms with van der Waals surface area (Å²) < 4.78 is 0. The molecule has 5 rings (SSSR count). The fourth-order valence-electron chi connectivity index (χ4n) is 4.01. The number of benzene rings is 1. The van der Waals surface area contributed by atoms with Gasteiger partial charge in [-0.05, 0) is 48.2 Å². The van der Waals surface area contributed by atoms with Crippen molar-refractivity contribution in [2.45, 2.75) is 19.4 Å². The first-order valence-corrected chi connectivity index (χ1v) is 9.65. The van der Waals surface area contributed by atoms with Gasteiger partial charge in [0, 0.05) is 31.5 Å². The topological polar surface area (TPSA) is 85.9 Å². The van der Waals surface area contributed by atoms with Crippen molar-refractivity contribution >= 4 is 28.3 Å². The van der Waals surface area contributed by atoms with Gasteiger partial charge in [0.15, 0.2) is 5.65 Å². The third-order valence-corrected chi connectivity index (χ3v) is 5.46. The molecule has 28 heavy (non-hydrogen) atoms. The van der Waals surface area contributed by atoms with Crippen LogP contribution in [0.2, 0.25) is 0 Å². The summed E-state index contributed by atoms with van der Waals surface area (Å²) in [7, 11) is 0. The van der Waals surface area contributed by atoms with Crippen molar-refractivity contribution in [1.29, 1.82) is 0 Å². The number of carbonyl (C=O) groups is 1. The summed E-state index contributed by atoms with van der Waals surface area (Å²) in [4.78, 5) is 19.1. The number of anilines is 1. The molecule has 3 aromatic rings. The van der Waals surface area contributed by atoms with Crippen LogP contribution in [-0.2, 0) is 13.0 Å². The number of urea groups is 1. The van der Waals surface area contributed by atoms with Crippen molar-refractivity contribution in [1.82, 2.24) is 25.4 Å². The lowest BCUT2D eigenvalue weighted by Gasteiger charge is -2.29. The van der Waals surface area contributed by atoms with Crippen LogP contribution < -0.4 is 10.6 Å². The average Bonchev–Trinajstić information content (AvgIpc) is 3.19. The van der Waals surface area contributed by atoms with Crippen molar-refractivity contribution in [2.75, 3.05) is 25.0 Å². The summed E-state index contributed by atoms with van der Waals surface area (Å²) in [6.45, 7) is 3.08. The number of rotatable bonds is 2. The van der Waals surface area contributed by atoms with Crippen LogP contribution in [0.4, 0.5) is 10.5 Å². The maximum atomic E-state index is 12.7. The molecule has 7 heteroatoms. The van der Waals surface area contributed by atoms with Crippen LogP contribution in [0.3, 0.4) is 0 Å². The predicted octanol–water partition coefficient (Wildman–Crippen LogP) is 2.92. The van der Waals surface area contributed by atoms with Crippen molar-refractivity contribution in [3.05, 3.63) is 59.4 Å². The Morgan fingerprint density at radius 2 is 2.07 bits per heavy atom. The van der Waals surface area contributed by atoms with E-state index in [2.05, 4.69) is 31.9 Å².